The summed E-state index contributed by atoms with van der Waals surface area (Å²) < 4.78 is 19.5. The van der Waals surface area contributed by atoms with Gasteiger partial charge in [-0.2, -0.15) is 0 Å². The van der Waals surface area contributed by atoms with E-state index in [-0.39, 0.29) is 36.8 Å². The van der Waals surface area contributed by atoms with Gasteiger partial charge in [0.15, 0.2) is 12.4 Å². The van der Waals surface area contributed by atoms with Crippen LogP contribution in [0.4, 0.5) is 0 Å². The van der Waals surface area contributed by atoms with Crippen LogP contribution >= 0.6 is 0 Å². The molecule has 10 nitrogen and oxygen atoms in total. The summed E-state index contributed by atoms with van der Waals surface area (Å²) in [6, 6.07) is 17.3. The molecule has 6 rings (SSSR count). The normalized spacial score (nSPS) is 25.7. The Balaban J connectivity index is 1.10. The number of nitrogens with one attached hydrogen (secondary N) is 1. The minimum absolute atomic E-state index is 0.0633. The minimum atomic E-state index is -0.269. The van der Waals surface area contributed by atoms with Crippen molar-refractivity contribution in [3.05, 3.63) is 60.2 Å². The summed E-state index contributed by atoms with van der Waals surface area (Å²) in [5.41, 5.74) is 2.23. The van der Waals surface area contributed by atoms with E-state index in [1.54, 1.807) is 0 Å². The van der Waals surface area contributed by atoms with Crippen LogP contribution in [-0.2, 0) is 20.8 Å². The number of hydrogen-bond acceptors (Lipinski definition) is 8. The van der Waals surface area contributed by atoms with E-state index in [4.69, 9.17) is 14.2 Å². The molecule has 0 saturated carbocycles. The third-order valence-corrected chi connectivity index (χ3v) is 7.08. The molecule has 1 N–H and O–H groups in total. The third kappa shape index (κ3) is 4.84. The lowest BCUT2D eigenvalue weighted by molar-refractivity contribution is -0.124. The lowest BCUT2D eigenvalue weighted by atomic mass is 10.1. The molecule has 3 aliphatic heterocycles. The number of amides is 1. The Morgan fingerprint density at radius 2 is 1.86 bits per heavy atom. The van der Waals surface area contributed by atoms with Gasteiger partial charge in [-0.05, 0) is 60.1 Å². The summed E-state index contributed by atoms with van der Waals surface area (Å²) in [5.74, 6) is 1.14. The first-order chi connectivity index (χ1) is 17.7. The number of ether oxygens (including phenoxy) is 3. The van der Waals surface area contributed by atoms with Crippen LogP contribution < -0.4 is 10.1 Å². The van der Waals surface area contributed by atoms with E-state index in [9.17, 15) is 4.79 Å². The van der Waals surface area contributed by atoms with Gasteiger partial charge in [0.1, 0.15) is 24.0 Å². The summed E-state index contributed by atoms with van der Waals surface area (Å²) in [6.07, 6.45) is 2.02. The number of para-hydroxylation sites is 1. The Labute approximate surface area is 209 Å². The van der Waals surface area contributed by atoms with Gasteiger partial charge < -0.3 is 19.5 Å². The number of benzene rings is 2. The number of carbonyl (C=O) groups excluding carboxylic acids is 1. The average molecular weight is 491 g/mol. The van der Waals surface area contributed by atoms with Gasteiger partial charge >= 0.3 is 0 Å². The Morgan fingerprint density at radius 1 is 1.03 bits per heavy atom. The lowest BCUT2D eigenvalue weighted by Crippen LogP contribution is -2.45. The molecule has 36 heavy (non-hydrogen) atoms. The van der Waals surface area contributed by atoms with Gasteiger partial charge in [-0.1, -0.05) is 36.4 Å². The van der Waals surface area contributed by atoms with Crippen LogP contribution in [0.15, 0.2) is 54.6 Å². The van der Waals surface area contributed by atoms with Crippen molar-refractivity contribution in [2.45, 2.75) is 43.7 Å². The van der Waals surface area contributed by atoms with Crippen molar-refractivity contribution in [1.82, 2.24) is 30.4 Å². The molecule has 1 aromatic heterocycles. The summed E-state index contributed by atoms with van der Waals surface area (Å²) in [4.78, 5) is 15.0. The molecule has 3 saturated heterocycles. The van der Waals surface area contributed by atoms with Crippen molar-refractivity contribution in [3.8, 4) is 17.1 Å². The Kier molecular flexibility index (Phi) is 6.63. The first-order valence-electron chi connectivity index (χ1n) is 12.5. The molecular formula is C26H30N6O4. The van der Waals surface area contributed by atoms with E-state index in [1.807, 2.05) is 41.1 Å². The molecule has 0 spiro atoms. The standard InChI is InChI=1S/C26H30N6O4/c33-23(17-34-20-9-2-1-3-10-20)27-21-15-35-25-22(16-36-24(21)25)32-26(28-29-30-32)19-8-6-7-18(13-19)14-31-11-4-5-12-31/h1-3,6-10,13,21-22,24-25H,4-5,11-12,14-17H2,(H,27,33). The van der Waals surface area contributed by atoms with Crippen molar-refractivity contribution in [2.24, 2.45) is 0 Å². The van der Waals surface area contributed by atoms with Crippen molar-refractivity contribution in [2.75, 3.05) is 32.9 Å². The van der Waals surface area contributed by atoms with Crippen LogP contribution in [-0.4, -0.2) is 82.2 Å². The number of nitrogens with zero attached hydrogens (tertiary/aromatic N) is 5. The van der Waals surface area contributed by atoms with Crippen molar-refractivity contribution in [1.29, 1.82) is 0 Å². The first kappa shape index (κ1) is 23.1. The van der Waals surface area contributed by atoms with Crippen LogP contribution in [0.5, 0.6) is 5.75 Å². The number of aromatic nitrogens is 4. The third-order valence-electron chi connectivity index (χ3n) is 7.08. The van der Waals surface area contributed by atoms with Gasteiger partial charge in [-0.3, -0.25) is 9.69 Å². The predicted molar refractivity (Wildman–Crippen MR) is 130 cm³/mol. The fourth-order valence-electron chi connectivity index (χ4n) is 5.34. The van der Waals surface area contributed by atoms with Gasteiger partial charge in [0.25, 0.3) is 5.91 Å². The maximum atomic E-state index is 12.5. The minimum Gasteiger partial charge on any atom is -0.484 e. The van der Waals surface area contributed by atoms with Crippen molar-refractivity contribution < 1.29 is 19.0 Å². The van der Waals surface area contributed by atoms with Crippen LogP contribution in [0.25, 0.3) is 11.4 Å². The van der Waals surface area contributed by atoms with E-state index in [0.717, 1.165) is 25.2 Å². The molecule has 188 valence electrons. The molecule has 4 atom stereocenters. The molecule has 3 aromatic rings. The number of fused-ring (bicyclic) bond motifs is 1. The molecule has 0 aliphatic carbocycles. The van der Waals surface area contributed by atoms with Gasteiger partial charge in [0.05, 0.1) is 19.3 Å². The number of hydrogen-bond donors (Lipinski definition) is 1. The highest BCUT2D eigenvalue weighted by Crippen LogP contribution is 2.35. The van der Waals surface area contributed by atoms with Gasteiger partial charge in [-0.25, -0.2) is 4.68 Å². The highest BCUT2D eigenvalue weighted by Gasteiger charge is 2.50. The van der Waals surface area contributed by atoms with E-state index < -0.39 is 0 Å². The highest BCUT2D eigenvalue weighted by atomic mass is 16.6. The summed E-state index contributed by atoms with van der Waals surface area (Å²) >= 11 is 0. The number of tetrazole rings is 1. The molecule has 3 fully saturated rings. The molecular weight excluding hydrogens is 460 g/mol. The zero-order valence-electron chi connectivity index (χ0n) is 20.0. The second-order valence-electron chi connectivity index (χ2n) is 9.57. The summed E-state index contributed by atoms with van der Waals surface area (Å²) in [6.45, 7) is 3.95. The molecule has 3 aliphatic rings. The Bertz CT molecular complexity index is 1180. The number of carbonyl (C=O) groups is 1. The van der Waals surface area contributed by atoms with E-state index >= 15 is 0 Å². The van der Waals surface area contributed by atoms with E-state index in [0.29, 0.717) is 24.8 Å². The summed E-state index contributed by atoms with van der Waals surface area (Å²) in [7, 11) is 0. The van der Waals surface area contributed by atoms with Crippen molar-refractivity contribution in [3.63, 3.8) is 0 Å². The highest BCUT2D eigenvalue weighted by molar-refractivity contribution is 5.78. The second-order valence-corrected chi connectivity index (χ2v) is 9.57. The topological polar surface area (TPSA) is 104 Å². The van der Waals surface area contributed by atoms with Crippen LogP contribution in [0.3, 0.4) is 0 Å². The van der Waals surface area contributed by atoms with Gasteiger partial charge in [0, 0.05) is 12.1 Å². The largest absolute Gasteiger partial charge is 0.484 e. The lowest BCUT2D eigenvalue weighted by Gasteiger charge is -2.18. The molecule has 1 amide bonds. The van der Waals surface area contributed by atoms with Crippen LogP contribution in [0.2, 0.25) is 0 Å². The molecule has 2 aromatic carbocycles. The molecule has 4 heterocycles. The van der Waals surface area contributed by atoms with E-state index in [2.05, 4.69) is 43.9 Å². The number of rotatable bonds is 8. The zero-order chi connectivity index (χ0) is 24.3. The fourth-order valence-corrected chi connectivity index (χ4v) is 5.34. The fraction of sp³-hybridized carbons (Fsp3) is 0.462. The van der Waals surface area contributed by atoms with E-state index in [1.165, 1.54) is 18.4 Å². The average Bonchev–Trinajstić information content (AvgIpc) is 3.70. The first-order valence-corrected chi connectivity index (χ1v) is 12.5. The van der Waals surface area contributed by atoms with Crippen LogP contribution in [0.1, 0.15) is 24.4 Å². The molecule has 0 bridgehead atoms. The zero-order valence-corrected chi connectivity index (χ0v) is 20.0. The molecule has 10 heteroatoms. The Morgan fingerprint density at radius 3 is 2.72 bits per heavy atom. The second kappa shape index (κ2) is 10.3. The Hall–Kier alpha value is -3.34. The maximum Gasteiger partial charge on any atom is 0.258 e. The van der Waals surface area contributed by atoms with Gasteiger partial charge in [0.2, 0.25) is 0 Å². The quantitative estimate of drug-likeness (QED) is 0.510. The number of likely N-dealkylation sites (tertiary alicyclic amines) is 1. The summed E-state index contributed by atoms with van der Waals surface area (Å²) in [5, 5.41) is 15.6. The molecule has 4 unspecified atom stereocenters. The van der Waals surface area contributed by atoms with Crippen LogP contribution in [0, 0.1) is 0 Å². The smallest absolute Gasteiger partial charge is 0.258 e. The van der Waals surface area contributed by atoms with Gasteiger partial charge in [-0.15, -0.1) is 5.10 Å². The maximum absolute atomic E-state index is 12.5. The SMILES string of the molecule is O=C(COc1ccccc1)NC1COC2C1OCC2n1nnnc1-c1cccc(CN2CCCC2)c1. The predicted octanol–water partition coefficient (Wildman–Crippen LogP) is 1.84. The monoisotopic (exact) mass is 490 g/mol. The molecule has 0 radical (unpaired) electrons. The van der Waals surface area contributed by atoms with Crippen molar-refractivity contribution >= 4 is 5.91 Å².